The zero-order valence-electron chi connectivity index (χ0n) is 13.2. The lowest BCUT2D eigenvalue weighted by Gasteiger charge is -2.23. The van der Waals surface area contributed by atoms with Crippen molar-refractivity contribution in [2.45, 2.75) is 37.9 Å². The summed E-state index contributed by atoms with van der Waals surface area (Å²) in [6.07, 6.45) is 1.10. The second kappa shape index (κ2) is 7.13. The Morgan fingerprint density at radius 1 is 1.00 bits per heavy atom. The normalized spacial score (nSPS) is 13.8. The standard InChI is InChI=1S/C19H23BrO/c1-5-17(15-9-7-6-8-10-15)18(20)16-11-13(2)19(21-4)14(3)12-16/h6-12,17-18H,5H2,1-4H3. The Balaban J connectivity index is 2.36. The summed E-state index contributed by atoms with van der Waals surface area (Å²) in [4.78, 5) is 0.313. The summed E-state index contributed by atoms with van der Waals surface area (Å²) >= 11 is 3.92. The SMILES string of the molecule is CCC(c1ccccc1)C(Br)c1cc(C)c(OC)c(C)c1. The Labute approximate surface area is 136 Å². The molecule has 0 heterocycles. The number of halogens is 1. The third-order valence-corrected chi connectivity index (χ3v) is 5.19. The zero-order chi connectivity index (χ0) is 15.4. The summed E-state index contributed by atoms with van der Waals surface area (Å²) in [5.74, 6) is 1.46. The summed E-state index contributed by atoms with van der Waals surface area (Å²) in [5, 5.41) is 0. The molecule has 21 heavy (non-hydrogen) atoms. The second-order valence-electron chi connectivity index (χ2n) is 5.52. The van der Waals surface area contributed by atoms with Crippen LogP contribution in [-0.4, -0.2) is 7.11 Å². The predicted octanol–water partition coefficient (Wildman–Crippen LogP) is 5.94. The van der Waals surface area contributed by atoms with Gasteiger partial charge >= 0.3 is 0 Å². The smallest absolute Gasteiger partial charge is 0.124 e. The van der Waals surface area contributed by atoms with E-state index in [1.165, 1.54) is 22.3 Å². The molecule has 0 saturated carbocycles. The number of hydrogen-bond acceptors (Lipinski definition) is 1. The molecule has 0 aliphatic heterocycles. The van der Waals surface area contributed by atoms with Gasteiger partial charge in [0.2, 0.25) is 0 Å². The van der Waals surface area contributed by atoms with Crippen molar-refractivity contribution in [1.82, 2.24) is 0 Å². The van der Waals surface area contributed by atoms with Crippen LogP contribution in [0.15, 0.2) is 42.5 Å². The van der Waals surface area contributed by atoms with Crippen molar-refractivity contribution in [3.8, 4) is 5.75 Å². The molecule has 0 aromatic heterocycles. The lowest BCUT2D eigenvalue weighted by atomic mass is 9.88. The van der Waals surface area contributed by atoms with E-state index in [0.717, 1.165) is 12.2 Å². The number of alkyl halides is 1. The summed E-state index contributed by atoms with van der Waals surface area (Å²) in [5.41, 5.74) is 5.09. The number of hydrogen-bond donors (Lipinski definition) is 0. The summed E-state index contributed by atoms with van der Waals surface area (Å²) in [6.45, 7) is 6.46. The highest BCUT2D eigenvalue weighted by Gasteiger charge is 2.22. The molecule has 1 nitrogen and oxygen atoms in total. The monoisotopic (exact) mass is 346 g/mol. The molecule has 2 aromatic rings. The molecule has 0 spiro atoms. The number of rotatable bonds is 5. The Bertz CT molecular complexity index is 569. The van der Waals surface area contributed by atoms with Crippen molar-refractivity contribution >= 4 is 15.9 Å². The van der Waals surface area contributed by atoms with Gasteiger partial charge in [-0.1, -0.05) is 65.3 Å². The van der Waals surface area contributed by atoms with Gasteiger partial charge in [-0.05, 0) is 42.5 Å². The predicted molar refractivity (Wildman–Crippen MR) is 93.6 cm³/mol. The molecule has 2 rings (SSSR count). The highest BCUT2D eigenvalue weighted by molar-refractivity contribution is 9.09. The Morgan fingerprint density at radius 2 is 1.57 bits per heavy atom. The average Bonchev–Trinajstić information content (AvgIpc) is 2.48. The van der Waals surface area contributed by atoms with E-state index in [1.807, 2.05) is 0 Å². The molecule has 2 heteroatoms. The van der Waals surface area contributed by atoms with E-state index in [4.69, 9.17) is 4.74 Å². The van der Waals surface area contributed by atoms with Gasteiger partial charge in [0.1, 0.15) is 5.75 Å². The third kappa shape index (κ3) is 3.49. The molecule has 0 aliphatic rings. The first-order valence-electron chi connectivity index (χ1n) is 7.42. The van der Waals surface area contributed by atoms with Crippen LogP contribution in [0, 0.1) is 13.8 Å². The van der Waals surface area contributed by atoms with E-state index >= 15 is 0 Å². The first-order chi connectivity index (χ1) is 10.1. The topological polar surface area (TPSA) is 9.23 Å². The minimum atomic E-state index is 0.313. The number of aryl methyl sites for hydroxylation is 2. The minimum absolute atomic E-state index is 0.313. The van der Waals surface area contributed by atoms with Crippen molar-refractivity contribution in [3.63, 3.8) is 0 Å². The van der Waals surface area contributed by atoms with Crippen LogP contribution in [-0.2, 0) is 0 Å². The Morgan fingerprint density at radius 3 is 2.05 bits per heavy atom. The van der Waals surface area contributed by atoms with Crippen LogP contribution in [0.2, 0.25) is 0 Å². The van der Waals surface area contributed by atoms with Gasteiger partial charge in [0.25, 0.3) is 0 Å². The molecule has 112 valence electrons. The molecule has 2 unspecified atom stereocenters. The molecule has 0 fully saturated rings. The molecule has 0 N–H and O–H groups in total. The molecule has 0 saturated heterocycles. The van der Waals surface area contributed by atoms with Gasteiger partial charge in [-0.3, -0.25) is 0 Å². The van der Waals surface area contributed by atoms with Crippen molar-refractivity contribution < 1.29 is 4.74 Å². The molecule has 0 aliphatic carbocycles. The fraction of sp³-hybridized carbons (Fsp3) is 0.368. The van der Waals surface area contributed by atoms with Gasteiger partial charge in [-0.25, -0.2) is 0 Å². The summed E-state index contributed by atoms with van der Waals surface area (Å²) < 4.78 is 5.47. The quantitative estimate of drug-likeness (QED) is 0.608. The van der Waals surface area contributed by atoms with Gasteiger partial charge in [0, 0.05) is 10.7 Å². The molecule has 0 amide bonds. The van der Waals surface area contributed by atoms with Crippen LogP contribution in [0.4, 0.5) is 0 Å². The fourth-order valence-electron chi connectivity index (χ4n) is 3.01. The summed E-state index contributed by atoms with van der Waals surface area (Å²) in [7, 11) is 1.74. The van der Waals surface area contributed by atoms with Crippen LogP contribution in [0.3, 0.4) is 0 Å². The molecular weight excluding hydrogens is 324 g/mol. The van der Waals surface area contributed by atoms with Crippen LogP contribution >= 0.6 is 15.9 Å². The highest BCUT2D eigenvalue weighted by atomic mass is 79.9. The lowest BCUT2D eigenvalue weighted by molar-refractivity contribution is 0.408. The molecule has 2 aromatic carbocycles. The fourth-order valence-corrected chi connectivity index (χ4v) is 3.95. The average molecular weight is 347 g/mol. The molecule has 0 bridgehead atoms. The van der Waals surface area contributed by atoms with Crippen molar-refractivity contribution in [2.24, 2.45) is 0 Å². The maximum absolute atomic E-state index is 5.47. The van der Waals surface area contributed by atoms with Crippen LogP contribution in [0.25, 0.3) is 0 Å². The number of methoxy groups -OCH3 is 1. The minimum Gasteiger partial charge on any atom is -0.496 e. The van der Waals surface area contributed by atoms with Gasteiger partial charge in [-0.2, -0.15) is 0 Å². The van der Waals surface area contributed by atoms with E-state index in [0.29, 0.717) is 10.7 Å². The Kier molecular flexibility index (Phi) is 5.46. The van der Waals surface area contributed by atoms with E-state index < -0.39 is 0 Å². The Hall–Kier alpha value is -1.28. The lowest BCUT2D eigenvalue weighted by Crippen LogP contribution is -2.06. The maximum Gasteiger partial charge on any atom is 0.124 e. The van der Waals surface area contributed by atoms with E-state index in [1.54, 1.807) is 7.11 Å². The van der Waals surface area contributed by atoms with Gasteiger partial charge in [0.15, 0.2) is 0 Å². The van der Waals surface area contributed by atoms with E-state index in [-0.39, 0.29) is 0 Å². The first kappa shape index (κ1) is 16.1. The van der Waals surface area contributed by atoms with Crippen LogP contribution in [0.1, 0.15) is 46.3 Å². The first-order valence-corrected chi connectivity index (χ1v) is 8.34. The van der Waals surface area contributed by atoms with Crippen molar-refractivity contribution in [2.75, 3.05) is 7.11 Å². The van der Waals surface area contributed by atoms with Crippen LogP contribution in [0.5, 0.6) is 5.75 Å². The third-order valence-electron chi connectivity index (χ3n) is 4.03. The highest BCUT2D eigenvalue weighted by Crippen LogP contribution is 2.41. The number of ether oxygens (including phenoxy) is 1. The van der Waals surface area contributed by atoms with Crippen LogP contribution < -0.4 is 4.74 Å². The molecule has 0 radical (unpaired) electrons. The number of benzene rings is 2. The van der Waals surface area contributed by atoms with Gasteiger partial charge < -0.3 is 4.74 Å². The molecular formula is C19H23BrO. The zero-order valence-corrected chi connectivity index (χ0v) is 14.8. The molecule has 2 atom stereocenters. The second-order valence-corrected chi connectivity index (χ2v) is 6.50. The van der Waals surface area contributed by atoms with Gasteiger partial charge in [-0.15, -0.1) is 0 Å². The van der Waals surface area contributed by atoms with Crippen molar-refractivity contribution in [3.05, 3.63) is 64.7 Å². The van der Waals surface area contributed by atoms with E-state index in [2.05, 4.69) is 79.2 Å². The largest absolute Gasteiger partial charge is 0.496 e. The van der Waals surface area contributed by atoms with Crippen molar-refractivity contribution in [1.29, 1.82) is 0 Å². The summed E-state index contributed by atoms with van der Waals surface area (Å²) in [6, 6.07) is 15.2. The van der Waals surface area contributed by atoms with Gasteiger partial charge in [0.05, 0.1) is 7.11 Å². The maximum atomic E-state index is 5.47. The van der Waals surface area contributed by atoms with E-state index in [9.17, 15) is 0 Å².